The van der Waals surface area contributed by atoms with Crippen LogP contribution in [-0.4, -0.2) is 0 Å². The Bertz CT molecular complexity index is 494. The van der Waals surface area contributed by atoms with Gasteiger partial charge in [0, 0.05) is 0 Å². The lowest BCUT2D eigenvalue weighted by Gasteiger charge is -2.05. The van der Waals surface area contributed by atoms with Gasteiger partial charge in [0.25, 0.3) is 0 Å². The average molecular weight is 181 g/mol. The summed E-state index contributed by atoms with van der Waals surface area (Å²) in [4.78, 5) is 0. The molecule has 0 amide bonds. The smallest absolute Gasteiger partial charge is 0.0918 e. The number of hydrogen-bond acceptors (Lipinski definition) is 1. The van der Waals surface area contributed by atoms with E-state index in [1.807, 2.05) is 30.3 Å². The summed E-state index contributed by atoms with van der Waals surface area (Å²) in [7, 11) is 0. The molecule has 0 fully saturated rings. The van der Waals surface area contributed by atoms with Crippen molar-refractivity contribution in [3.8, 4) is 12.3 Å². The van der Waals surface area contributed by atoms with Gasteiger partial charge in [-0.1, -0.05) is 42.3 Å². The monoisotopic (exact) mass is 181 g/mol. The molecule has 1 nitrogen and oxygen atoms in total. The first kappa shape index (κ1) is 8.80. The quantitative estimate of drug-likeness (QED) is 0.672. The SMILES string of the molecule is C#CC(N)c1ccc2ccccc2c1. The zero-order valence-electron chi connectivity index (χ0n) is 7.77. The molecule has 0 spiro atoms. The Morgan fingerprint density at radius 1 is 1.07 bits per heavy atom. The van der Waals surface area contributed by atoms with Crippen molar-refractivity contribution in [3.05, 3.63) is 48.0 Å². The standard InChI is InChI=1S/C13H11N/c1-2-13(14)12-8-7-10-5-3-4-6-11(10)9-12/h1,3-9,13H,14H2. The Balaban J connectivity index is 2.58. The minimum atomic E-state index is -0.306. The predicted molar refractivity (Wildman–Crippen MR) is 59.7 cm³/mol. The van der Waals surface area contributed by atoms with E-state index in [9.17, 15) is 0 Å². The van der Waals surface area contributed by atoms with Crippen LogP contribution in [0.4, 0.5) is 0 Å². The van der Waals surface area contributed by atoms with E-state index in [4.69, 9.17) is 12.2 Å². The molecule has 68 valence electrons. The van der Waals surface area contributed by atoms with Gasteiger partial charge in [-0.3, -0.25) is 0 Å². The molecule has 0 saturated carbocycles. The van der Waals surface area contributed by atoms with Crippen LogP contribution in [0, 0.1) is 12.3 Å². The molecular weight excluding hydrogens is 170 g/mol. The van der Waals surface area contributed by atoms with E-state index < -0.39 is 0 Å². The first-order valence-corrected chi connectivity index (χ1v) is 4.51. The van der Waals surface area contributed by atoms with E-state index >= 15 is 0 Å². The zero-order valence-corrected chi connectivity index (χ0v) is 7.77. The van der Waals surface area contributed by atoms with Gasteiger partial charge in [-0.15, -0.1) is 6.42 Å². The Hall–Kier alpha value is -1.78. The van der Waals surface area contributed by atoms with E-state index in [0.29, 0.717) is 0 Å². The summed E-state index contributed by atoms with van der Waals surface area (Å²) in [6.07, 6.45) is 5.27. The van der Waals surface area contributed by atoms with Gasteiger partial charge in [-0.2, -0.15) is 0 Å². The summed E-state index contributed by atoms with van der Waals surface area (Å²) in [6.45, 7) is 0. The summed E-state index contributed by atoms with van der Waals surface area (Å²) >= 11 is 0. The first-order valence-electron chi connectivity index (χ1n) is 4.51. The van der Waals surface area contributed by atoms with E-state index in [0.717, 1.165) is 5.56 Å². The van der Waals surface area contributed by atoms with Crippen LogP contribution in [0.3, 0.4) is 0 Å². The number of benzene rings is 2. The molecule has 0 aromatic heterocycles. The zero-order chi connectivity index (χ0) is 9.97. The van der Waals surface area contributed by atoms with Crippen molar-refractivity contribution < 1.29 is 0 Å². The highest BCUT2D eigenvalue weighted by Crippen LogP contribution is 2.18. The van der Waals surface area contributed by atoms with Gasteiger partial charge in [0.1, 0.15) is 0 Å². The van der Waals surface area contributed by atoms with Crippen LogP contribution in [0.25, 0.3) is 10.8 Å². The maximum atomic E-state index is 5.75. The molecule has 2 N–H and O–H groups in total. The maximum Gasteiger partial charge on any atom is 0.0918 e. The van der Waals surface area contributed by atoms with Crippen LogP contribution in [0.15, 0.2) is 42.5 Å². The molecule has 2 aromatic carbocycles. The molecule has 1 heteroatoms. The van der Waals surface area contributed by atoms with Crippen LogP contribution in [0.1, 0.15) is 11.6 Å². The molecule has 2 rings (SSSR count). The summed E-state index contributed by atoms with van der Waals surface area (Å²) in [5.74, 6) is 2.52. The van der Waals surface area contributed by atoms with Crippen LogP contribution in [0.5, 0.6) is 0 Å². The Kier molecular flexibility index (Phi) is 2.22. The van der Waals surface area contributed by atoms with Crippen LogP contribution < -0.4 is 5.73 Å². The Labute approximate surface area is 83.5 Å². The average Bonchev–Trinajstić information content (AvgIpc) is 2.27. The number of rotatable bonds is 1. The lowest BCUT2D eigenvalue weighted by atomic mass is 10.0. The van der Waals surface area contributed by atoms with E-state index in [1.165, 1.54) is 10.8 Å². The minimum absolute atomic E-state index is 0.306. The Morgan fingerprint density at radius 2 is 1.79 bits per heavy atom. The van der Waals surface area contributed by atoms with Crippen molar-refractivity contribution in [1.29, 1.82) is 0 Å². The third-order valence-corrected chi connectivity index (χ3v) is 2.31. The summed E-state index contributed by atoms with van der Waals surface area (Å²) < 4.78 is 0. The van der Waals surface area contributed by atoms with Crippen molar-refractivity contribution in [2.75, 3.05) is 0 Å². The fourth-order valence-corrected chi connectivity index (χ4v) is 1.50. The molecule has 0 saturated heterocycles. The molecule has 14 heavy (non-hydrogen) atoms. The van der Waals surface area contributed by atoms with E-state index in [2.05, 4.69) is 18.1 Å². The fraction of sp³-hybridized carbons (Fsp3) is 0.0769. The van der Waals surface area contributed by atoms with Crippen LogP contribution in [-0.2, 0) is 0 Å². The molecule has 0 aliphatic carbocycles. The third kappa shape index (κ3) is 1.48. The van der Waals surface area contributed by atoms with Gasteiger partial charge < -0.3 is 5.73 Å². The van der Waals surface area contributed by atoms with E-state index in [1.54, 1.807) is 0 Å². The lowest BCUT2D eigenvalue weighted by molar-refractivity contribution is 0.949. The van der Waals surface area contributed by atoms with Crippen molar-refractivity contribution in [2.24, 2.45) is 5.73 Å². The van der Waals surface area contributed by atoms with Gasteiger partial charge in [0.2, 0.25) is 0 Å². The molecule has 0 radical (unpaired) electrons. The highest BCUT2D eigenvalue weighted by Gasteiger charge is 2.01. The number of nitrogens with two attached hydrogens (primary N) is 1. The molecule has 0 bridgehead atoms. The van der Waals surface area contributed by atoms with Crippen molar-refractivity contribution in [2.45, 2.75) is 6.04 Å². The van der Waals surface area contributed by atoms with Crippen molar-refractivity contribution >= 4 is 10.8 Å². The first-order chi connectivity index (χ1) is 6.81. The second-order valence-corrected chi connectivity index (χ2v) is 3.25. The lowest BCUT2D eigenvalue weighted by Crippen LogP contribution is -2.06. The molecule has 1 atom stereocenters. The fourth-order valence-electron chi connectivity index (χ4n) is 1.50. The summed E-state index contributed by atoms with van der Waals surface area (Å²) in [6, 6.07) is 13.9. The van der Waals surface area contributed by atoms with Crippen LogP contribution >= 0.6 is 0 Å². The normalized spacial score (nSPS) is 12.3. The predicted octanol–water partition coefficient (Wildman–Crippen LogP) is 2.47. The van der Waals surface area contributed by atoms with Gasteiger partial charge in [-0.05, 0) is 22.4 Å². The van der Waals surface area contributed by atoms with Crippen molar-refractivity contribution in [3.63, 3.8) is 0 Å². The van der Waals surface area contributed by atoms with Gasteiger partial charge in [0.15, 0.2) is 0 Å². The molecular formula is C13H11N. The Morgan fingerprint density at radius 3 is 2.50 bits per heavy atom. The summed E-state index contributed by atoms with van der Waals surface area (Å²) in [5.41, 5.74) is 6.74. The van der Waals surface area contributed by atoms with Gasteiger partial charge in [-0.25, -0.2) is 0 Å². The number of terminal acetylenes is 1. The van der Waals surface area contributed by atoms with Crippen LogP contribution in [0.2, 0.25) is 0 Å². The third-order valence-electron chi connectivity index (χ3n) is 2.31. The molecule has 0 aliphatic heterocycles. The van der Waals surface area contributed by atoms with E-state index in [-0.39, 0.29) is 6.04 Å². The molecule has 2 aromatic rings. The highest BCUT2D eigenvalue weighted by atomic mass is 14.6. The second kappa shape index (κ2) is 3.53. The number of fused-ring (bicyclic) bond motifs is 1. The summed E-state index contributed by atoms with van der Waals surface area (Å²) in [5, 5.41) is 2.39. The number of hydrogen-bond donors (Lipinski definition) is 1. The van der Waals surface area contributed by atoms with Gasteiger partial charge >= 0.3 is 0 Å². The second-order valence-electron chi connectivity index (χ2n) is 3.25. The topological polar surface area (TPSA) is 26.0 Å². The van der Waals surface area contributed by atoms with Crippen molar-refractivity contribution in [1.82, 2.24) is 0 Å². The molecule has 0 heterocycles. The minimum Gasteiger partial charge on any atom is -0.314 e. The largest absolute Gasteiger partial charge is 0.314 e. The van der Waals surface area contributed by atoms with Gasteiger partial charge in [0.05, 0.1) is 6.04 Å². The molecule has 1 unspecified atom stereocenters. The maximum absolute atomic E-state index is 5.75. The molecule has 0 aliphatic rings. The highest BCUT2D eigenvalue weighted by molar-refractivity contribution is 5.83.